The number of rotatable bonds is 3. The van der Waals surface area contributed by atoms with Gasteiger partial charge < -0.3 is 4.90 Å². The van der Waals surface area contributed by atoms with Gasteiger partial charge in [0.25, 0.3) is 0 Å². The zero-order valence-corrected chi connectivity index (χ0v) is 14.3. The van der Waals surface area contributed by atoms with Crippen LogP contribution in [-0.4, -0.2) is 28.1 Å². The highest BCUT2D eigenvalue weighted by Gasteiger charge is 2.28. The van der Waals surface area contributed by atoms with Crippen molar-refractivity contribution in [2.24, 2.45) is 0 Å². The summed E-state index contributed by atoms with van der Waals surface area (Å²) in [6, 6.07) is 20.0. The van der Waals surface area contributed by atoms with Crippen LogP contribution in [0, 0.1) is 11.3 Å². The maximum absolute atomic E-state index is 9.47. The SMILES string of the molecule is N#Cc1nn(-c2ccccc2Cl)nc1N1CC[C@H](c2ccccc2)C1. The number of hydrogen-bond donors (Lipinski definition) is 0. The van der Waals surface area contributed by atoms with E-state index in [4.69, 9.17) is 11.6 Å². The molecule has 0 aliphatic carbocycles. The van der Waals surface area contributed by atoms with E-state index in [-0.39, 0.29) is 0 Å². The van der Waals surface area contributed by atoms with E-state index in [0.29, 0.717) is 28.1 Å². The van der Waals surface area contributed by atoms with Crippen molar-refractivity contribution >= 4 is 17.4 Å². The molecular weight excluding hydrogens is 334 g/mol. The molecule has 0 radical (unpaired) electrons. The maximum atomic E-state index is 9.47. The molecule has 1 aliphatic rings. The van der Waals surface area contributed by atoms with Gasteiger partial charge in [-0.2, -0.15) is 5.26 Å². The Hall–Kier alpha value is -2.84. The Kier molecular flexibility index (Phi) is 4.12. The minimum atomic E-state index is 0.327. The molecule has 0 bridgehead atoms. The molecule has 6 heteroatoms. The number of nitrogens with zero attached hydrogens (tertiary/aromatic N) is 5. The molecule has 4 rings (SSSR count). The predicted octanol–water partition coefficient (Wildman–Crippen LogP) is 3.79. The van der Waals surface area contributed by atoms with Gasteiger partial charge in [-0.15, -0.1) is 15.0 Å². The van der Waals surface area contributed by atoms with Crippen molar-refractivity contribution in [3.63, 3.8) is 0 Å². The average molecular weight is 350 g/mol. The summed E-state index contributed by atoms with van der Waals surface area (Å²) in [7, 11) is 0. The summed E-state index contributed by atoms with van der Waals surface area (Å²) in [5, 5.41) is 18.9. The van der Waals surface area contributed by atoms with E-state index in [2.05, 4.69) is 45.4 Å². The second-order valence-electron chi connectivity index (χ2n) is 6.07. The van der Waals surface area contributed by atoms with Crippen molar-refractivity contribution < 1.29 is 0 Å². The molecule has 2 heterocycles. The molecular formula is C19H16ClN5. The number of nitriles is 1. The summed E-state index contributed by atoms with van der Waals surface area (Å²) in [5.74, 6) is 1.07. The molecule has 1 fully saturated rings. The van der Waals surface area contributed by atoms with Crippen LogP contribution in [0.25, 0.3) is 5.69 Å². The first kappa shape index (κ1) is 15.7. The fourth-order valence-electron chi connectivity index (χ4n) is 3.26. The Labute approximate surface area is 151 Å². The molecule has 0 amide bonds. The standard InChI is InChI=1S/C19H16ClN5/c20-16-8-4-5-9-18(16)25-22-17(12-21)19(23-25)24-11-10-15(13-24)14-6-2-1-3-7-14/h1-9,15H,10-11,13H2/t15-/m0/s1. The van der Waals surface area contributed by atoms with Crippen LogP contribution in [-0.2, 0) is 0 Å². The fourth-order valence-corrected chi connectivity index (χ4v) is 3.47. The third-order valence-corrected chi connectivity index (χ3v) is 4.85. The lowest BCUT2D eigenvalue weighted by atomic mass is 9.99. The minimum absolute atomic E-state index is 0.327. The smallest absolute Gasteiger partial charge is 0.207 e. The zero-order chi connectivity index (χ0) is 17.2. The topological polar surface area (TPSA) is 57.7 Å². The van der Waals surface area contributed by atoms with E-state index >= 15 is 0 Å². The van der Waals surface area contributed by atoms with E-state index in [9.17, 15) is 5.26 Å². The minimum Gasteiger partial charge on any atom is -0.352 e. The van der Waals surface area contributed by atoms with E-state index in [0.717, 1.165) is 19.5 Å². The van der Waals surface area contributed by atoms with Crippen LogP contribution in [0.15, 0.2) is 54.6 Å². The van der Waals surface area contributed by atoms with Crippen molar-refractivity contribution in [2.45, 2.75) is 12.3 Å². The van der Waals surface area contributed by atoms with Crippen LogP contribution in [0.4, 0.5) is 5.82 Å². The van der Waals surface area contributed by atoms with Crippen LogP contribution < -0.4 is 4.90 Å². The first-order chi connectivity index (χ1) is 12.3. The van der Waals surface area contributed by atoms with Crippen molar-refractivity contribution in [3.8, 4) is 11.8 Å². The Bertz CT molecular complexity index is 928. The molecule has 1 saturated heterocycles. The Morgan fingerprint density at radius 3 is 2.56 bits per heavy atom. The molecule has 25 heavy (non-hydrogen) atoms. The third kappa shape index (κ3) is 2.97. The summed E-state index contributed by atoms with van der Waals surface area (Å²) in [4.78, 5) is 3.59. The first-order valence-electron chi connectivity index (χ1n) is 8.18. The molecule has 2 aromatic carbocycles. The van der Waals surface area contributed by atoms with Gasteiger partial charge in [-0.1, -0.05) is 54.1 Å². The number of para-hydroxylation sites is 1. The third-order valence-electron chi connectivity index (χ3n) is 4.53. The van der Waals surface area contributed by atoms with Gasteiger partial charge in [0, 0.05) is 19.0 Å². The van der Waals surface area contributed by atoms with E-state index in [1.807, 2.05) is 24.3 Å². The highest BCUT2D eigenvalue weighted by atomic mass is 35.5. The lowest BCUT2D eigenvalue weighted by Crippen LogP contribution is -2.20. The summed E-state index contributed by atoms with van der Waals surface area (Å²) in [6.07, 6.45) is 1.04. The van der Waals surface area contributed by atoms with Gasteiger partial charge in [-0.25, -0.2) is 0 Å². The molecule has 0 spiro atoms. The van der Waals surface area contributed by atoms with Gasteiger partial charge in [0.05, 0.1) is 5.02 Å². The Balaban J connectivity index is 1.63. The quantitative estimate of drug-likeness (QED) is 0.722. The van der Waals surface area contributed by atoms with Gasteiger partial charge in [-0.05, 0) is 24.1 Å². The van der Waals surface area contributed by atoms with Crippen molar-refractivity contribution in [1.29, 1.82) is 5.26 Å². The predicted molar refractivity (Wildman–Crippen MR) is 97.1 cm³/mol. The second kappa shape index (κ2) is 6.58. The van der Waals surface area contributed by atoms with Crippen LogP contribution in [0.3, 0.4) is 0 Å². The number of benzene rings is 2. The van der Waals surface area contributed by atoms with E-state index < -0.39 is 0 Å². The van der Waals surface area contributed by atoms with Crippen LogP contribution in [0.2, 0.25) is 5.02 Å². The molecule has 0 N–H and O–H groups in total. The van der Waals surface area contributed by atoms with Gasteiger partial charge in [0.15, 0.2) is 5.82 Å². The van der Waals surface area contributed by atoms with E-state index in [1.165, 1.54) is 10.4 Å². The second-order valence-corrected chi connectivity index (χ2v) is 6.47. The molecule has 1 atom stereocenters. The molecule has 124 valence electrons. The highest BCUT2D eigenvalue weighted by molar-refractivity contribution is 6.32. The van der Waals surface area contributed by atoms with Crippen molar-refractivity contribution in [3.05, 3.63) is 70.9 Å². The summed E-state index contributed by atoms with van der Waals surface area (Å²) < 4.78 is 0. The van der Waals surface area contributed by atoms with Crippen molar-refractivity contribution in [1.82, 2.24) is 15.0 Å². The van der Waals surface area contributed by atoms with Crippen LogP contribution in [0.1, 0.15) is 23.6 Å². The summed E-state index contributed by atoms with van der Waals surface area (Å²) in [6.45, 7) is 1.69. The number of aromatic nitrogens is 3. The van der Waals surface area contributed by atoms with Gasteiger partial charge in [-0.3, -0.25) is 0 Å². The normalized spacial score (nSPS) is 16.8. The molecule has 1 aromatic heterocycles. The largest absolute Gasteiger partial charge is 0.352 e. The number of halogens is 1. The van der Waals surface area contributed by atoms with Crippen LogP contribution in [0.5, 0.6) is 0 Å². The highest BCUT2D eigenvalue weighted by Crippen LogP contribution is 2.31. The van der Waals surface area contributed by atoms with Gasteiger partial charge >= 0.3 is 0 Å². The molecule has 3 aromatic rings. The first-order valence-corrected chi connectivity index (χ1v) is 8.56. The monoisotopic (exact) mass is 349 g/mol. The fraction of sp³-hybridized carbons (Fsp3) is 0.211. The molecule has 1 aliphatic heterocycles. The molecule has 0 unspecified atom stereocenters. The van der Waals surface area contributed by atoms with E-state index in [1.54, 1.807) is 6.07 Å². The zero-order valence-electron chi connectivity index (χ0n) is 13.5. The number of hydrogen-bond acceptors (Lipinski definition) is 4. The lowest BCUT2D eigenvalue weighted by Gasteiger charge is -2.15. The summed E-state index contributed by atoms with van der Waals surface area (Å²) >= 11 is 6.23. The summed E-state index contributed by atoms with van der Waals surface area (Å²) in [5.41, 5.74) is 2.32. The van der Waals surface area contributed by atoms with Gasteiger partial charge in [0.1, 0.15) is 11.8 Å². The van der Waals surface area contributed by atoms with Crippen LogP contribution >= 0.6 is 11.6 Å². The lowest BCUT2D eigenvalue weighted by molar-refractivity contribution is 0.741. The average Bonchev–Trinajstić information content (AvgIpc) is 3.29. The van der Waals surface area contributed by atoms with Crippen molar-refractivity contribution in [2.75, 3.05) is 18.0 Å². The van der Waals surface area contributed by atoms with Gasteiger partial charge in [0.2, 0.25) is 5.69 Å². The Morgan fingerprint density at radius 1 is 1.04 bits per heavy atom. The number of anilines is 1. The maximum Gasteiger partial charge on any atom is 0.207 e. The Morgan fingerprint density at radius 2 is 1.80 bits per heavy atom. The molecule has 0 saturated carbocycles. The molecule has 5 nitrogen and oxygen atoms in total.